The monoisotopic (exact) mass is 182 g/mol. The second-order valence-electron chi connectivity index (χ2n) is 3.75. The van der Waals surface area contributed by atoms with Crippen LogP contribution in [0.5, 0.6) is 0 Å². The average molecular weight is 182 g/mol. The van der Waals surface area contributed by atoms with Crippen LogP contribution in [0.4, 0.5) is 0 Å². The molecule has 1 N–H and O–H groups in total. The van der Waals surface area contributed by atoms with E-state index in [1.807, 2.05) is 4.90 Å². The van der Waals surface area contributed by atoms with E-state index in [0.717, 1.165) is 19.6 Å². The van der Waals surface area contributed by atoms with Gasteiger partial charge in [-0.05, 0) is 12.0 Å². The van der Waals surface area contributed by atoms with E-state index >= 15 is 0 Å². The number of hydrogen-bond donors (Lipinski definition) is 1. The Balaban J connectivity index is 2.66. The lowest BCUT2D eigenvalue weighted by atomic mass is 10.0. The third-order valence-corrected chi connectivity index (χ3v) is 2.51. The van der Waals surface area contributed by atoms with Gasteiger partial charge in [0.1, 0.15) is 0 Å². The number of piperazine rings is 1. The van der Waals surface area contributed by atoms with E-state index in [1.54, 1.807) is 0 Å². The second-order valence-corrected chi connectivity index (χ2v) is 3.75. The molecule has 0 saturated carbocycles. The van der Waals surface area contributed by atoms with Crippen LogP contribution in [-0.4, -0.2) is 36.5 Å². The predicted octanol–water partition coefficient (Wildman–Crippen LogP) is 0.629. The van der Waals surface area contributed by atoms with Crippen molar-refractivity contribution in [2.75, 3.05) is 19.6 Å². The molecule has 1 heterocycles. The summed E-state index contributed by atoms with van der Waals surface area (Å²) in [6.07, 6.45) is 1.40. The fourth-order valence-electron chi connectivity index (χ4n) is 1.71. The van der Waals surface area contributed by atoms with Crippen molar-refractivity contribution >= 4 is 5.91 Å². The van der Waals surface area contributed by atoms with E-state index < -0.39 is 0 Å². The summed E-state index contributed by atoms with van der Waals surface area (Å²) in [4.78, 5) is 13.4. The van der Waals surface area contributed by atoms with Crippen molar-refractivity contribution in [3.05, 3.63) is 12.7 Å². The first-order chi connectivity index (χ1) is 6.16. The number of hydrogen-bond acceptors (Lipinski definition) is 2. The van der Waals surface area contributed by atoms with Gasteiger partial charge in [0.2, 0.25) is 5.91 Å². The minimum absolute atomic E-state index is 0.0557. The van der Waals surface area contributed by atoms with E-state index in [2.05, 4.69) is 25.7 Å². The van der Waals surface area contributed by atoms with Gasteiger partial charge in [-0.3, -0.25) is 4.79 Å². The van der Waals surface area contributed by atoms with Gasteiger partial charge >= 0.3 is 0 Å². The molecule has 0 bridgehead atoms. The summed E-state index contributed by atoms with van der Waals surface area (Å²) in [6.45, 7) is 10.4. The molecule has 0 aromatic heterocycles. The Hall–Kier alpha value is -0.830. The van der Waals surface area contributed by atoms with Crippen molar-refractivity contribution in [3.63, 3.8) is 0 Å². The average Bonchev–Trinajstić information content (AvgIpc) is 2.16. The number of rotatable bonds is 2. The topological polar surface area (TPSA) is 32.3 Å². The van der Waals surface area contributed by atoms with Crippen molar-refractivity contribution in [2.24, 2.45) is 5.92 Å². The van der Waals surface area contributed by atoms with Crippen molar-refractivity contribution in [1.82, 2.24) is 10.2 Å². The highest BCUT2D eigenvalue weighted by molar-refractivity contribution is 5.87. The first-order valence-electron chi connectivity index (χ1n) is 4.80. The molecule has 0 aliphatic carbocycles. The van der Waals surface area contributed by atoms with Crippen LogP contribution in [0, 0.1) is 5.92 Å². The summed E-state index contributed by atoms with van der Waals surface area (Å²) in [5.41, 5.74) is 0. The lowest BCUT2D eigenvalue weighted by Gasteiger charge is -2.38. The van der Waals surface area contributed by atoms with Crippen LogP contribution in [0.25, 0.3) is 0 Å². The molecule has 1 fully saturated rings. The maximum absolute atomic E-state index is 11.5. The molecule has 1 amide bonds. The maximum atomic E-state index is 11.5. The number of nitrogens with one attached hydrogen (secondary N) is 1. The molecule has 3 nitrogen and oxygen atoms in total. The van der Waals surface area contributed by atoms with Crippen molar-refractivity contribution in [3.8, 4) is 0 Å². The van der Waals surface area contributed by atoms with Gasteiger partial charge in [-0.2, -0.15) is 0 Å². The van der Waals surface area contributed by atoms with Crippen LogP contribution in [-0.2, 0) is 4.79 Å². The zero-order valence-corrected chi connectivity index (χ0v) is 8.42. The minimum atomic E-state index is 0.0557. The van der Waals surface area contributed by atoms with Gasteiger partial charge in [-0.1, -0.05) is 20.4 Å². The Morgan fingerprint density at radius 1 is 1.69 bits per heavy atom. The third kappa shape index (κ3) is 2.31. The summed E-state index contributed by atoms with van der Waals surface area (Å²) in [7, 11) is 0. The van der Waals surface area contributed by atoms with Gasteiger partial charge < -0.3 is 10.2 Å². The summed E-state index contributed by atoms with van der Waals surface area (Å²) in [6, 6.07) is 0.319. The molecule has 1 aliphatic heterocycles. The Labute approximate surface area is 79.8 Å². The number of amides is 1. The van der Waals surface area contributed by atoms with Crippen LogP contribution in [0.15, 0.2) is 12.7 Å². The zero-order chi connectivity index (χ0) is 9.84. The van der Waals surface area contributed by atoms with Crippen molar-refractivity contribution < 1.29 is 4.79 Å². The first-order valence-corrected chi connectivity index (χ1v) is 4.80. The summed E-state index contributed by atoms with van der Waals surface area (Å²) in [5.74, 6) is 0.553. The zero-order valence-electron chi connectivity index (χ0n) is 8.42. The molecular formula is C10H18N2O. The van der Waals surface area contributed by atoms with Crippen LogP contribution >= 0.6 is 0 Å². The van der Waals surface area contributed by atoms with Crippen LogP contribution in [0.3, 0.4) is 0 Å². The van der Waals surface area contributed by atoms with E-state index in [9.17, 15) is 4.79 Å². The summed E-state index contributed by atoms with van der Waals surface area (Å²) in [5, 5.41) is 3.30. The predicted molar refractivity (Wildman–Crippen MR) is 53.4 cm³/mol. The highest BCUT2D eigenvalue weighted by Crippen LogP contribution is 2.12. The van der Waals surface area contributed by atoms with Gasteiger partial charge in [0.15, 0.2) is 0 Å². The Bertz CT molecular complexity index is 201. The molecule has 13 heavy (non-hydrogen) atoms. The van der Waals surface area contributed by atoms with Crippen molar-refractivity contribution in [2.45, 2.75) is 19.9 Å². The summed E-state index contributed by atoms with van der Waals surface area (Å²) < 4.78 is 0. The molecule has 0 unspecified atom stereocenters. The Morgan fingerprint density at radius 2 is 2.38 bits per heavy atom. The largest absolute Gasteiger partial charge is 0.333 e. The molecule has 1 rings (SSSR count). The number of carbonyl (C=O) groups is 1. The highest BCUT2D eigenvalue weighted by Gasteiger charge is 2.26. The summed E-state index contributed by atoms with van der Waals surface area (Å²) >= 11 is 0. The maximum Gasteiger partial charge on any atom is 0.246 e. The van der Waals surface area contributed by atoms with E-state index in [0.29, 0.717) is 12.0 Å². The Kier molecular flexibility index (Phi) is 3.48. The van der Waals surface area contributed by atoms with E-state index in [4.69, 9.17) is 0 Å². The lowest BCUT2D eigenvalue weighted by Crippen LogP contribution is -2.55. The van der Waals surface area contributed by atoms with Crippen LogP contribution in [0.1, 0.15) is 13.8 Å². The standard InChI is InChI=1S/C10H18N2O/c1-4-10(13)12-6-5-11-7-9(12)8(2)3/h4,8-9,11H,1,5-7H2,2-3H3/t9-/m1/s1. The van der Waals surface area contributed by atoms with Gasteiger partial charge in [-0.15, -0.1) is 0 Å². The smallest absolute Gasteiger partial charge is 0.246 e. The fraction of sp³-hybridized carbons (Fsp3) is 0.700. The van der Waals surface area contributed by atoms with E-state index in [-0.39, 0.29) is 5.91 Å². The molecular weight excluding hydrogens is 164 g/mol. The van der Waals surface area contributed by atoms with Crippen molar-refractivity contribution in [1.29, 1.82) is 0 Å². The number of nitrogens with zero attached hydrogens (tertiary/aromatic N) is 1. The molecule has 1 atom stereocenters. The molecule has 0 radical (unpaired) electrons. The third-order valence-electron chi connectivity index (χ3n) is 2.51. The molecule has 74 valence electrons. The normalized spacial score (nSPS) is 23.3. The van der Waals surface area contributed by atoms with Gasteiger partial charge in [0, 0.05) is 25.7 Å². The molecule has 0 spiro atoms. The van der Waals surface area contributed by atoms with Gasteiger partial charge in [-0.25, -0.2) is 0 Å². The quantitative estimate of drug-likeness (QED) is 0.635. The molecule has 1 saturated heterocycles. The molecule has 0 aromatic carbocycles. The first kappa shape index (κ1) is 10.3. The van der Waals surface area contributed by atoms with Gasteiger partial charge in [0.05, 0.1) is 0 Å². The Morgan fingerprint density at radius 3 is 2.92 bits per heavy atom. The SMILES string of the molecule is C=CC(=O)N1CCNC[C@@H]1C(C)C. The molecule has 3 heteroatoms. The van der Waals surface area contributed by atoms with Crippen LogP contribution < -0.4 is 5.32 Å². The fourth-order valence-corrected chi connectivity index (χ4v) is 1.71. The van der Waals surface area contributed by atoms with Crippen LogP contribution in [0.2, 0.25) is 0 Å². The van der Waals surface area contributed by atoms with Gasteiger partial charge in [0.25, 0.3) is 0 Å². The second kappa shape index (κ2) is 4.42. The highest BCUT2D eigenvalue weighted by atomic mass is 16.2. The number of carbonyl (C=O) groups excluding carboxylic acids is 1. The minimum Gasteiger partial charge on any atom is -0.333 e. The molecule has 1 aliphatic rings. The van der Waals surface area contributed by atoms with E-state index in [1.165, 1.54) is 6.08 Å². The molecule has 0 aromatic rings. The lowest BCUT2D eigenvalue weighted by molar-refractivity contribution is -0.130.